The smallest absolute Gasteiger partial charge is 0.463 e. The van der Waals surface area contributed by atoms with Crippen LogP contribution < -0.4 is 0 Å². The summed E-state index contributed by atoms with van der Waals surface area (Å²) in [5.41, 5.74) is 0. The lowest BCUT2D eigenvalue weighted by molar-refractivity contribution is -0.161. The first-order valence-corrected chi connectivity index (χ1v) is 44.8. The van der Waals surface area contributed by atoms with Crippen molar-refractivity contribution in [1.29, 1.82) is 0 Å². The van der Waals surface area contributed by atoms with Gasteiger partial charge in [-0.05, 0) is 116 Å². The standard InChI is InChI=1S/C87H152O16P2/c1-4-7-10-13-16-19-22-25-28-30-32-34-35-36-37-38-39-40-41-42-43-44-45-47-49-50-53-55-58-61-64-67-70-73-85(90)97-76-82(88)77-99-104(93,94)100-78-83(89)79-101-105(95,96)102-81-84(103-87(92)75-72-69-66-63-60-57-52-27-24-21-18-15-12-9-6-3)80-98-86(91)74-71-68-65-62-59-56-54-51-48-46-33-31-29-26-23-20-17-14-11-8-5-2/h7,10,16-17,19-20,25-26,28-29,32-34,36-37,39-40,46,51,54,82-84,88-89H,4-6,8-9,11-15,18,21-24,27,30-31,35,38,41-45,47-50,52-53,55-81H2,1-3H3,(H,93,94)(H,95,96)/b10-7-,19-16-,20-17-,28-25-,29-26-,34-32-,37-36-,40-39-,46-33-,54-51-. The van der Waals surface area contributed by atoms with E-state index in [2.05, 4.69) is 142 Å². The van der Waals surface area contributed by atoms with Gasteiger partial charge in [-0.3, -0.25) is 32.5 Å². The van der Waals surface area contributed by atoms with E-state index in [1.165, 1.54) is 154 Å². The number of esters is 3. The van der Waals surface area contributed by atoms with E-state index in [9.17, 15) is 43.5 Å². The summed E-state index contributed by atoms with van der Waals surface area (Å²) in [6.45, 7) is 2.56. The Labute approximate surface area is 640 Å². The van der Waals surface area contributed by atoms with Crippen molar-refractivity contribution in [3.05, 3.63) is 122 Å². The molecule has 0 rings (SSSR count). The maximum absolute atomic E-state index is 13.0. The van der Waals surface area contributed by atoms with E-state index in [0.717, 1.165) is 141 Å². The molecule has 5 unspecified atom stereocenters. The van der Waals surface area contributed by atoms with Crippen LogP contribution in [0.25, 0.3) is 0 Å². The SMILES string of the molecule is CC/C=C\C/C=C\C/C=C\C/C=C\C/C=C\C/C=C\CCCCCCCCCCCCCCCCC(=O)OCC(O)COP(=O)(O)OCC(O)COP(=O)(O)OCC(COC(=O)CCCCCCC/C=C\C/C=C\C/C=C\C/C=C\CCCCC)OC(=O)CCCCCCCCCCCCCCCCC. The zero-order valence-electron chi connectivity index (χ0n) is 66.4. The molecule has 0 aromatic carbocycles. The normalized spacial score (nSPS) is 14.5. The minimum Gasteiger partial charge on any atom is -0.463 e. The number of ether oxygens (including phenoxy) is 3. The van der Waals surface area contributed by atoms with Crippen molar-refractivity contribution in [1.82, 2.24) is 0 Å². The summed E-state index contributed by atoms with van der Waals surface area (Å²) in [6.07, 6.45) is 95.3. The Morgan fingerprint density at radius 1 is 0.276 bits per heavy atom. The molecule has 0 saturated heterocycles. The van der Waals surface area contributed by atoms with Crippen LogP contribution in [0.4, 0.5) is 0 Å². The van der Waals surface area contributed by atoms with Crippen LogP contribution in [0, 0.1) is 0 Å². The highest BCUT2D eigenvalue weighted by Gasteiger charge is 2.29. The van der Waals surface area contributed by atoms with Gasteiger partial charge < -0.3 is 34.2 Å². The molecule has 0 radical (unpaired) electrons. The number of allylic oxidation sites excluding steroid dienone is 20. The van der Waals surface area contributed by atoms with Gasteiger partial charge in [0.2, 0.25) is 0 Å². The van der Waals surface area contributed by atoms with Crippen LogP contribution in [-0.2, 0) is 55.8 Å². The maximum Gasteiger partial charge on any atom is 0.472 e. The average molecular weight is 1520 g/mol. The summed E-state index contributed by atoms with van der Waals surface area (Å²) in [5, 5.41) is 20.7. The molecule has 0 spiro atoms. The number of phosphoric acid groups is 2. The van der Waals surface area contributed by atoms with Crippen molar-refractivity contribution in [2.75, 3.05) is 39.6 Å². The highest BCUT2D eigenvalue weighted by Crippen LogP contribution is 2.45. The Hall–Kier alpha value is -4.05. The third-order valence-electron chi connectivity index (χ3n) is 17.7. The summed E-state index contributed by atoms with van der Waals surface area (Å²) in [6, 6.07) is 0. The molecule has 0 aliphatic carbocycles. The van der Waals surface area contributed by atoms with Crippen molar-refractivity contribution in [3.63, 3.8) is 0 Å². The Kier molecular flexibility index (Phi) is 76.4. The fourth-order valence-corrected chi connectivity index (χ4v) is 12.9. The maximum atomic E-state index is 13.0. The Bertz CT molecular complexity index is 2390. The average Bonchev–Trinajstić information content (AvgIpc) is 0.940. The van der Waals surface area contributed by atoms with Gasteiger partial charge in [-0.2, -0.15) is 0 Å². The summed E-state index contributed by atoms with van der Waals surface area (Å²) >= 11 is 0. The third kappa shape index (κ3) is 80.8. The summed E-state index contributed by atoms with van der Waals surface area (Å²) in [5.74, 6) is -1.58. The minimum atomic E-state index is -4.93. The van der Waals surface area contributed by atoms with E-state index in [4.69, 9.17) is 32.3 Å². The summed E-state index contributed by atoms with van der Waals surface area (Å²) < 4.78 is 61.2. The molecular weight excluding hydrogens is 1360 g/mol. The fraction of sp³-hybridized carbons (Fsp3) is 0.736. The van der Waals surface area contributed by atoms with Gasteiger partial charge in [0.05, 0.1) is 26.4 Å². The van der Waals surface area contributed by atoms with Crippen molar-refractivity contribution in [2.24, 2.45) is 0 Å². The summed E-state index contributed by atoms with van der Waals surface area (Å²) in [4.78, 5) is 58.7. The zero-order chi connectivity index (χ0) is 76.6. The van der Waals surface area contributed by atoms with E-state index in [-0.39, 0.29) is 19.3 Å². The lowest BCUT2D eigenvalue weighted by Gasteiger charge is -2.21. The molecule has 0 aliphatic heterocycles. The second-order valence-corrected chi connectivity index (χ2v) is 30.8. The number of unbranched alkanes of at least 4 members (excludes halogenated alkanes) is 36. The molecule has 0 aliphatic rings. The van der Waals surface area contributed by atoms with Gasteiger partial charge in [-0.15, -0.1) is 0 Å². The van der Waals surface area contributed by atoms with Gasteiger partial charge in [0.15, 0.2) is 6.10 Å². The first kappa shape index (κ1) is 101. The van der Waals surface area contributed by atoms with Gasteiger partial charge in [0, 0.05) is 19.3 Å². The van der Waals surface area contributed by atoms with E-state index in [1.807, 2.05) is 0 Å². The highest BCUT2D eigenvalue weighted by atomic mass is 31.2. The molecule has 0 aromatic heterocycles. The van der Waals surface area contributed by atoms with Crippen LogP contribution in [0.15, 0.2) is 122 Å². The number of carbonyl (C=O) groups excluding carboxylic acids is 3. The van der Waals surface area contributed by atoms with E-state index < -0.39 is 91.5 Å². The Morgan fingerprint density at radius 2 is 0.505 bits per heavy atom. The first-order valence-electron chi connectivity index (χ1n) is 41.8. The molecule has 0 heterocycles. The number of hydrogen-bond acceptors (Lipinski definition) is 14. The van der Waals surface area contributed by atoms with Gasteiger partial charge >= 0.3 is 33.6 Å². The summed E-state index contributed by atoms with van der Waals surface area (Å²) in [7, 11) is -9.79. The minimum absolute atomic E-state index is 0.103. The van der Waals surface area contributed by atoms with Crippen molar-refractivity contribution in [3.8, 4) is 0 Å². The quantitative estimate of drug-likeness (QED) is 0.0146. The molecule has 0 fully saturated rings. The number of phosphoric ester groups is 2. The van der Waals surface area contributed by atoms with Crippen LogP contribution in [0.3, 0.4) is 0 Å². The van der Waals surface area contributed by atoms with Crippen molar-refractivity contribution in [2.45, 2.75) is 373 Å². The van der Waals surface area contributed by atoms with Crippen molar-refractivity contribution >= 4 is 33.6 Å². The number of carbonyl (C=O) groups is 3. The molecule has 16 nitrogen and oxygen atoms in total. The molecule has 0 aromatic rings. The number of rotatable bonds is 79. The van der Waals surface area contributed by atoms with Crippen LogP contribution in [0.1, 0.15) is 355 Å². The number of aliphatic hydroxyl groups excluding tert-OH is 2. The zero-order valence-corrected chi connectivity index (χ0v) is 68.2. The monoisotopic (exact) mass is 1520 g/mol. The molecule has 606 valence electrons. The van der Waals surface area contributed by atoms with Crippen LogP contribution in [0.5, 0.6) is 0 Å². The van der Waals surface area contributed by atoms with Crippen LogP contribution in [0.2, 0.25) is 0 Å². The predicted octanol–water partition coefficient (Wildman–Crippen LogP) is 24.9. The molecule has 105 heavy (non-hydrogen) atoms. The predicted molar refractivity (Wildman–Crippen MR) is 436 cm³/mol. The van der Waals surface area contributed by atoms with Gasteiger partial charge in [-0.25, -0.2) is 9.13 Å². The molecular formula is C87H152O16P2. The van der Waals surface area contributed by atoms with Crippen LogP contribution >= 0.6 is 15.6 Å². The molecule has 5 atom stereocenters. The number of aliphatic hydroxyl groups is 2. The second-order valence-electron chi connectivity index (χ2n) is 27.9. The first-order chi connectivity index (χ1) is 51.2. The second kappa shape index (κ2) is 79.5. The molecule has 0 bridgehead atoms. The highest BCUT2D eigenvalue weighted by molar-refractivity contribution is 7.47. The van der Waals surface area contributed by atoms with Crippen LogP contribution in [-0.4, -0.2) is 95.9 Å². The third-order valence-corrected chi connectivity index (χ3v) is 19.6. The molecule has 0 saturated carbocycles. The lowest BCUT2D eigenvalue weighted by atomic mass is 10.0. The number of hydrogen-bond donors (Lipinski definition) is 4. The van der Waals surface area contributed by atoms with E-state index >= 15 is 0 Å². The molecule has 18 heteroatoms. The molecule has 4 N–H and O–H groups in total. The lowest BCUT2D eigenvalue weighted by Crippen LogP contribution is -2.30. The van der Waals surface area contributed by atoms with E-state index in [1.54, 1.807) is 0 Å². The Balaban J connectivity index is 4.47. The van der Waals surface area contributed by atoms with Crippen molar-refractivity contribution < 1.29 is 75.8 Å². The fourth-order valence-electron chi connectivity index (χ4n) is 11.3. The molecule has 0 amide bonds. The topological polar surface area (TPSA) is 231 Å². The van der Waals surface area contributed by atoms with Gasteiger partial charge in [0.25, 0.3) is 0 Å². The van der Waals surface area contributed by atoms with Gasteiger partial charge in [0.1, 0.15) is 25.4 Å². The Morgan fingerprint density at radius 3 is 0.819 bits per heavy atom. The van der Waals surface area contributed by atoms with Gasteiger partial charge in [-0.1, -0.05) is 341 Å². The van der Waals surface area contributed by atoms with E-state index in [0.29, 0.717) is 19.3 Å². The largest absolute Gasteiger partial charge is 0.472 e.